The Hall–Kier alpha value is -0.920. The van der Waals surface area contributed by atoms with Crippen molar-refractivity contribution in [2.24, 2.45) is 0 Å². The third-order valence-electron chi connectivity index (χ3n) is 3.37. The molecule has 0 aromatic carbocycles. The van der Waals surface area contributed by atoms with Gasteiger partial charge in [0, 0.05) is 25.0 Å². The summed E-state index contributed by atoms with van der Waals surface area (Å²) in [4.78, 5) is 7.07. The van der Waals surface area contributed by atoms with Gasteiger partial charge >= 0.3 is 0 Å². The second-order valence-electron chi connectivity index (χ2n) is 5.09. The lowest BCUT2D eigenvalue weighted by molar-refractivity contribution is 0.523. The zero-order chi connectivity index (χ0) is 13.9. The Labute approximate surface area is 114 Å². The van der Waals surface area contributed by atoms with Gasteiger partial charge in [0.25, 0.3) is 0 Å². The van der Waals surface area contributed by atoms with Gasteiger partial charge in [-0.2, -0.15) is 0 Å². The predicted octanol–water partition coefficient (Wildman–Crippen LogP) is 0.921. The molecule has 2 atom stereocenters. The average molecular weight is 286 g/mol. The lowest BCUT2D eigenvalue weighted by atomic mass is 10.2. The maximum absolute atomic E-state index is 12.2. The SMILES string of the molecule is CCC(NS(=O)(=O)C(C)CNC1CC1)c1ncc[nH]1. The van der Waals surface area contributed by atoms with Gasteiger partial charge in [-0.05, 0) is 26.2 Å². The number of aromatic amines is 1. The van der Waals surface area contributed by atoms with E-state index in [1.807, 2.05) is 6.92 Å². The summed E-state index contributed by atoms with van der Waals surface area (Å²) in [7, 11) is -3.34. The van der Waals surface area contributed by atoms with Crippen LogP contribution in [0.2, 0.25) is 0 Å². The van der Waals surface area contributed by atoms with Gasteiger partial charge in [0.05, 0.1) is 11.3 Å². The van der Waals surface area contributed by atoms with Crippen molar-refractivity contribution in [3.05, 3.63) is 18.2 Å². The van der Waals surface area contributed by atoms with Crippen molar-refractivity contribution in [3.8, 4) is 0 Å². The van der Waals surface area contributed by atoms with Gasteiger partial charge in [0.2, 0.25) is 10.0 Å². The summed E-state index contributed by atoms with van der Waals surface area (Å²) < 4.78 is 27.2. The molecule has 1 heterocycles. The molecular formula is C12H22N4O2S. The van der Waals surface area contributed by atoms with Gasteiger partial charge in [-0.3, -0.25) is 0 Å². The van der Waals surface area contributed by atoms with Crippen LogP contribution in [-0.2, 0) is 10.0 Å². The van der Waals surface area contributed by atoms with E-state index in [0.717, 1.165) is 12.8 Å². The first-order valence-corrected chi connectivity index (χ1v) is 8.31. The standard InChI is InChI=1S/C12H22N4O2S/c1-3-11(12-13-6-7-14-12)16-19(17,18)9(2)8-15-10-4-5-10/h6-7,9-11,15-16H,3-5,8H2,1-2H3,(H,13,14). The summed E-state index contributed by atoms with van der Waals surface area (Å²) in [5.41, 5.74) is 0. The van der Waals surface area contributed by atoms with E-state index in [4.69, 9.17) is 0 Å². The normalized spacial score (nSPS) is 19.3. The first-order valence-electron chi connectivity index (χ1n) is 6.76. The van der Waals surface area contributed by atoms with Crippen LogP contribution in [0.4, 0.5) is 0 Å². The highest BCUT2D eigenvalue weighted by Crippen LogP contribution is 2.19. The fourth-order valence-corrected chi connectivity index (χ4v) is 3.07. The number of hydrogen-bond donors (Lipinski definition) is 3. The summed E-state index contributed by atoms with van der Waals surface area (Å²) in [5.74, 6) is 0.661. The molecule has 19 heavy (non-hydrogen) atoms. The molecule has 108 valence electrons. The summed E-state index contributed by atoms with van der Waals surface area (Å²) in [6, 6.07) is 0.230. The largest absolute Gasteiger partial charge is 0.347 e. The van der Waals surface area contributed by atoms with Crippen molar-refractivity contribution in [2.45, 2.75) is 50.4 Å². The second-order valence-corrected chi connectivity index (χ2v) is 7.22. The third-order valence-corrected chi connectivity index (χ3v) is 5.20. The number of nitrogens with zero attached hydrogens (tertiary/aromatic N) is 1. The molecule has 0 spiro atoms. The number of aromatic nitrogens is 2. The van der Waals surface area contributed by atoms with Gasteiger partial charge in [0.15, 0.2) is 0 Å². The Kier molecular flexibility index (Phi) is 4.59. The molecule has 1 fully saturated rings. The fourth-order valence-electron chi connectivity index (χ4n) is 1.84. The monoisotopic (exact) mass is 286 g/mol. The molecule has 3 N–H and O–H groups in total. The molecule has 1 saturated carbocycles. The number of imidazole rings is 1. The minimum absolute atomic E-state index is 0.289. The molecule has 0 bridgehead atoms. The van der Waals surface area contributed by atoms with Gasteiger partial charge in [-0.1, -0.05) is 6.92 Å². The number of nitrogens with one attached hydrogen (secondary N) is 3. The van der Waals surface area contributed by atoms with E-state index in [1.54, 1.807) is 19.3 Å². The lowest BCUT2D eigenvalue weighted by Crippen LogP contribution is -2.41. The molecule has 0 saturated heterocycles. The quantitative estimate of drug-likeness (QED) is 0.663. The smallest absolute Gasteiger partial charge is 0.216 e. The maximum Gasteiger partial charge on any atom is 0.216 e. The zero-order valence-electron chi connectivity index (χ0n) is 11.4. The minimum Gasteiger partial charge on any atom is -0.347 e. The third kappa shape index (κ3) is 4.02. The fraction of sp³-hybridized carbons (Fsp3) is 0.750. The molecule has 0 aliphatic heterocycles. The first-order chi connectivity index (χ1) is 9.03. The summed E-state index contributed by atoms with van der Waals surface area (Å²) in [5, 5.41) is 2.80. The second kappa shape index (κ2) is 6.02. The summed E-state index contributed by atoms with van der Waals surface area (Å²) >= 11 is 0. The van der Waals surface area contributed by atoms with Crippen molar-refractivity contribution in [3.63, 3.8) is 0 Å². The Morgan fingerprint density at radius 3 is 2.79 bits per heavy atom. The van der Waals surface area contributed by atoms with E-state index in [-0.39, 0.29) is 6.04 Å². The summed E-state index contributed by atoms with van der Waals surface area (Å²) in [6.45, 7) is 4.16. The maximum atomic E-state index is 12.2. The molecule has 7 heteroatoms. The van der Waals surface area contributed by atoms with E-state index >= 15 is 0 Å². The van der Waals surface area contributed by atoms with E-state index in [2.05, 4.69) is 20.0 Å². The Morgan fingerprint density at radius 1 is 1.53 bits per heavy atom. The summed E-state index contributed by atoms with van der Waals surface area (Å²) in [6.07, 6.45) is 6.30. The lowest BCUT2D eigenvalue weighted by Gasteiger charge is -2.19. The average Bonchev–Trinajstić information content (AvgIpc) is 3.05. The minimum atomic E-state index is -3.34. The van der Waals surface area contributed by atoms with Crippen LogP contribution in [0.15, 0.2) is 12.4 Å². The van der Waals surface area contributed by atoms with Crippen LogP contribution in [0, 0.1) is 0 Å². The molecule has 0 radical (unpaired) electrons. The van der Waals surface area contributed by atoms with Gasteiger partial charge in [-0.25, -0.2) is 18.1 Å². The molecule has 1 aromatic heterocycles. The highest BCUT2D eigenvalue weighted by Gasteiger charge is 2.28. The topological polar surface area (TPSA) is 86.9 Å². The molecule has 2 unspecified atom stereocenters. The van der Waals surface area contributed by atoms with Crippen LogP contribution < -0.4 is 10.0 Å². The molecule has 6 nitrogen and oxygen atoms in total. The van der Waals surface area contributed by atoms with Crippen molar-refractivity contribution < 1.29 is 8.42 Å². The van der Waals surface area contributed by atoms with Crippen LogP contribution >= 0.6 is 0 Å². The Morgan fingerprint density at radius 2 is 2.26 bits per heavy atom. The number of sulfonamides is 1. The van der Waals surface area contributed by atoms with Crippen molar-refractivity contribution >= 4 is 10.0 Å². The van der Waals surface area contributed by atoms with Crippen LogP contribution in [0.5, 0.6) is 0 Å². The number of H-pyrrole nitrogens is 1. The van der Waals surface area contributed by atoms with Gasteiger partial charge in [-0.15, -0.1) is 0 Å². The van der Waals surface area contributed by atoms with Gasteiger partial charge in [0.1, 0.15) is 5.82 Å². The Balaban J connectivity index is 1.94. The highest BCUT2D eigenvalue weighted by atomic mass is 32.2. The van der Waals surface area contributed by atoms with Crippen LogP contribution in [0.25, 0.3) is 0 Å². The molecule has 1 aliphatic rings. The van der Waals surface area contributed by atoms with Crippen molar-refractivity contribution in [2.75, 3.05) is 6.54 Å². The Bertz CT molecular complexity index is 482. The molecule has 2 rings (SSSR count). The van der Waals surface area contributed by atoms with Crippen molar-refractivity contribution in [1.82, 2.24) is 20.0 Å². The van der Waals surface area contributed by atoms with E-state index in [1.165, 1.54) is 0 Å². The molecule has 1 aliphatic carbocycles. The van der Waals surface area contributed by atoms with Crippen LogP contribution in [-0.4, -0.2) is 36.2 Å². The van der Waals surface area contributed by atoms with E-state index in [0.29, 0.717) is 24.8 Å². The van der Waals surface area contributed by atoms with Crippen molar-refractivity contribution in [1.29, 1.82) is 0 Å². The van der Waals surface area contributed by atoms with Crippen LogP contribution in [0.3, 0.4) is 0 Å². The van der Waals surface area contributed by atoms with E-state index in [9.17, 15) is 8.42 Å². The number of rotatable bonds is 8. The highest BCUT2D eigenvalue weighted by molar-refractivity contribution is 7.90. The van der Waals surface area contributed by atoms with E-state index < -0.39 is 15.3 Å². The first kappa shape index (κ1) is 14.5. The van der Waals surface area contributed by atoms with Gasteiger partial charge < -0.3 is 10.3 Å². The molecular weight excluding hydrogens is 264 g/mol. The van der Waals surface area contributed by atoms with Crippen LogP contribution in [0.1, 0.15) is 45.0 Å². The predicted molar refractivity (Wildman–Crippen MR) is 74.2 cm³/mol. The number of hydrogen-bond acceptors (Lipinski definition) is 4. The molecule has 0 amide bonds. The molecule has 1 aromatic rings. The zero-order valence-corrected chi connectivity index (χ0v) is 12.2.